The Hall–Kier alpha value is -1.62. The molecule has 0 unspecified atom stereocenters. The highest BCUT2D eigenvalue weighted by atomic mass is 32.2. The molecule has 0 saturated heterocycles. The molecule has 3 rings (SSSR count). The molecule has 98 valence electrons. The van der Waals surface area contributed by atoms with Crippen LogP contribution < -0.4 is 5.69 Å². The number of aromatic nitrogens is 3. The molecule has 4 nitrogen and oxygen atoms in total. The minimum Gasteiger partial charge on any atom is -0.309 e. The van der Waals surface area contributed by atoms with Crippen molar-refractivity contribution in [3.63, 3.8) is 0 Å². The largest absolute Gasteiger partial charge is 0.346 e. The molecule has 0 saturated carbocycles. The normalized spacial score (nSPS) is 14.1. The highest BCUT2D eigenvalue weighted by Gasteiger charge is 2.16. The Kier molecular flexibility index (Phi) is 3.64. The zero-order valence-electron chi connectivity index (χ0n) is 10.6. The van der Waals surface area contributed by atoms with Crippen LogP contribution >= 0.6 is 11.8 Å². The van der Waals surface area contributed by atoms with Gasteiger partial charge >= 0.3 is 5.69 Å². The number of H-pyrrole nitrogens is 1. The number of rotatable bonds is 3. The van der Waals surface area contributed by atoms with Gasteiger partial charge in [0.15, 0.2) is 0 Å². The third-order valence-electron chi connectivity index (χ3n) is 3.31. The minimum absolute atomic E-state index is 0.224. The summed E-state index contributed by atoms with van der Waals surface area (Å²) in [7, 11) is 0. The fraction of sp³-hybridized carbons (Fsp3) is 0.357. The third-order valence-corrected chi connectivity index (χ3v) is 4.40. The van der Waals surface area contributed by atoms with E-state index in [-0.39, 0.29) is 5.69 Å². The van der Waals surface area contributed by atoms with Crippen LogP contribution in [0.3, 0.4) is 0 Å². The van der Waals surface area contributed by atoms with Gasteiger partial charge in [-0.15, -0.1) is 11.8 Å². The van der Waals surface area contributed by atoms with Gasteiger partial charge in [-0.25, -0.2) is 4.79 Å². The molecular formula is C14H15N3OS. The Morgan fingerprint density at radius 2 is 2.00 bits per heavy atom. The highest BCUT2D eigenvalue weighted by molar-refractivity contribution is 7.98. The van der Waals surface area contributed by atoms with Crippen molar-refractivity contribution in [1.82, 2.24) is 15.0 Å². The van der Waals surface area contributed by atoms with E-state index in [1.54, 1.807) is 24.2 Å². The van der Waals surface area contributed by atoms with Gasteiger partial charge in [0.2, 0.25) is 0 Å². The van der Waals surface area contributed by atoms with E-state index < -0.39 is 0 Å². The van der Waals surface area contributed by atoms with E-state index in [4.69, 9.17) is 0 Å². The van der Waals surface area contributed by atoms with Crippen molar-refractivity contribution in [2.75, 3.05) is 0 Å². The second-order valence-corrected chi connectivity index (χ2v) is 5.62. The van der Waals surface area contributed by atoms with Gasteiger partial charge in [0.05, 0.1) is 0 Å². The average molecular weight is 273 g/mol. The molecule has 1 aliphatic rings. The van der Waals surface area contributed by atoms with E-state index in [1.165, 1.54) is 17.5 Å². The highest BCUT2D eigenvalue weighted by Crippen LogP contribution is 2.28. The summed E-state index contributed by atoms with van der Waals surface area (Å²) < 4.78 is 0. The van der Waals surface area contributed by atoms with Crippen molar-refractivity contribution < 1.29 is 0 Å². The maximum Gasteiger partial charge on any atom is 0.346 e. The fourth-order valence-corrected chi connectivity index (χ4v) is 3.39. The quantitative estimate of drug-likeness (QED) is 0.689. The van der Waals surface area contributed by atoms with Gasteiger partial charge in [-0.1, -0.05) is 0 Å². The number of fused-ring (bicyclic) bond motifs is 1. The molecule has 1 N–H and O–H groups in total. The van der Waals surface area contributed by atoms with Crippen molar-refractivity contribution in [3.8, 4) is 0 Å². The maximum absolute atomic E-state index is 11.6. The molecule has 2 aromatic heterocycles. The fourth-order valence-electron chi connectivity index (χ4n) is 2.35. The first kappa shape index (κ1) is 12.4. The smallest absolute Gasteiger partial charge is 0.309 e. The van der Waals surface area contributed by atoms with Gasteiger partial charge < -0.3 is 4.98 Å². The Morgan fingerprint density at radius 1 is 1.21 bits per heavy atom. The van der Waals surface area contributed by atoms with Gasteiger partial charge in [-0.2, -0.15) is 4.98 Å². The van der Waals surface area contributed by atoms with E-state index in [9.17, 15) is 4.79 Å². The SMILES string of the molecule is O=c1nc(SCc2ccncc2)c2c([nH]1)CCCC2. The molecule has 2 heterocycles. The first-order chi connectivity index (χ1) is 9.33. The average Bonchev–Trinajstić information content (AvgIpc) is 2.45. The van der Waals surface area contributed by atoms with E-state index in [0.717, 1.165) is 35.7 Å². The van der Waals surface area contributed by atoms with E-state index >= 15 is 0 Å². The molecule has 5 heteroatoms. The van der Waals surface area contributed by atoms with Crippen LogP contribution in [0.5, 0.6) is 0 Å². The Balaban J connectivity index is 1.84. The number of thioether (sulfide) groups is 1. The number of aryl methyl sites for hydroxylation is 1. The molecule has 1 aliphatic carbocycles. The third kappa shape index (κ3) is 2.87. The first-order valence-electron chi connectivity index (χ1n) is 6.47. The van der Waals surface area contributed by atoms with Gasteiger partial charge in [0.1, 0.15) is 5.03 Å². The summed E-state index contributed by atoms with van der Waals surface area (Å²) in [5, 5.41) is 0.898. The molecule has 0 bridgehead atoms. The minimum atomic E-state index is -0.224. The second-order valence-electron chi connectivity index (χ2n) is 4.66. The molecular weight excluding hydrogens is 258 g/mol. The number of nitrogens with one attached hydrogen (secondary N) is 1. The summed E-state index contributed by atoms with van der Waals surface area (Å²) >= 11 is 1.64. The Bertz CT molecular complexity index is 624. The molecule has 2 aromatic rings. The lowest BCUT2D eigenvalue weighted by atomic mass is 9.98. The summed E-state index contributed by atoms with van der Waals surface area (Å²) in [5.41, 5.74) is 3.30. The molecule has 0 amide bonds. The van der Waals surface area contributed by atoms with Gasteiger partial charge in [0.25, 0.3) is 0 Å². The van der Waals surface area contributed by atoms with Crippen LogP contribution in [0.2, 0.25) is 0 Å². The molecule has 0 aliphatic heterocycles. The van der Waals surface area contributed by atoms with E-state index in [2.05, 4.69) is 15.0 Å². The van der Waals surface area contributed by atoms with Crippen LogP contribution in [0.1, 0.15) is 29.7 Å². The Morgan fingerprint density at radius 3 is 2.84 bits per heavy atom. The lowest BCUT2D eigenvalue weighted by Crippen LogP contribution is -2.19. The monoisotopic (exact) mass is 273 g/mol. The molecule has 0 atom stereocenters. The lowest BCUT2D eigenvalue weighted by molar-refractivity contribution is 0.639. The number of nitrogens with zero attached hydrogens (tertiary/aromatic N) is 2. The topological polar surface area (TPSA) is 58.6 Å². The van der Waals surface area contributed by atoms with Gasteiger partial charge in [0, 0.05) is 29.4 Å². The first-order valence-corrected chi connectivity index (χ1v) is 7.45. The van der Waals surface area contributed by atoms with Crippen molar-refractivity contribution in [2.24, 2.45) is 0 Å². The van der Waals surface area contributed by atoms with E-state index in [0.29, 0.717) is 0 Å². The van der Waals surface area contributed by atoms with Crippen LogP contribution in [0.15, 0.2) is 34.3 Å². The van der Waals surface area contributed by atoms with Crippen LogP contribution in [0.4, 0.5) is 0 Å². The van der Waals surface area contributed by atoms with Crippen LogP contribution in [-0.4, -0.2) is 15.0 Å². The van der Waals surface area contributed by atoms with Crippen LogP contribution in [-0.2, 0) is 18.6 Å². The molecule has 0 spiro atoms. The number of hydrogen-bond donors (Lipinski definition) is 1. The van der Waals surface area contributed by atoms with Crippen molar-refractivity contribution in [3.05, 3.63) is 51.8 Å². The summed E-state index contributed by atoms with van der Waals surface area (Å²) in [6, 6.07) is 3.99. The van der Waals surface area contributed by atoms with Crippen molar-refractivity contribution >= 4 is 11.8 Å². The zero-order valence-corrected chi connectivity index (χ0v) is 11.4. The lowest BCUT2D eigenvalue weighted by Gasteiger charge is -2.17. The van der Waals surface area contributed by atoms with Gasteiger partial charge in [-0.3, -0.25) is 4.98 Å². The molecule has 0 fully saturated rings. The summed E-state index contributed by atoms with van der Waals surface area (Å²) in [6.07, 6.45) is 7.91. The van der Waals surface area contributed by atoms with E-state index in [1.807, 2.05) is 12.1 Å². The number of pyridine rings is 1. The summed E-state index contributed by atoms with van der Waals surface area (Å²) in [5.74, 6) is 0.825. The predicted octanol–water partition coefficient (Wildman–Crippen LogP) is 2.34. The summed E-state index contributed by atoms with van der Waals surface area (Å²) in [6.45, 7) is 0. The number of hydrogen-bond acceptors (Lipinski definition) is 4. The number of aromatic amines is 1. The maximum atomic E-state index is 11.6. The zero-order chi connectivity index (χ0) is 13.1. The van der Waals surface area contributed by atoms with Crippen LogP contribution in [0, 0.1) is 0 Å². The molecule has 0 radical (unpaired) electrons. The standard InChI is InChI=1S/C14H15N3OS/c18-14-16-12-4-2-1-3-11(12)13(17-14)19-9-10-5-7-15-8-6-10/h5-8H,1-4,9H2,(H,16,17,18). The van der Waals surface area contributed by atoms with Crippen molar-refractivity contribution in [2.45, 2.75) is 36.5 Å². The van der Waals surface area contributed by atoms with Crippen LogP contribution in [0.25, 0.3) is 0 Å². The second kappa shape index (κ2) is 5.57. The molecule has 19 heavy (non-hydrogen) atoms. The molecule has 0 aromatic carbocycles. The predicted molar refractivity (Wildman–Crippen MR) is 75.3 cm³/mol. The van der Waals surface area contributed by atoms with Gasteiger partial charge in [-0.05, 0) is 43.4 Å². The van der Waals surface area contributed by atoms with Crippen molar-refractivity contribution in [1.29, 1.82) is 0 Å². The summed E-state index contributed by atoms with van der Waals surface area (Å²) in [4.78, 5) is 22.6. The Labute approximate surface area is 115 Å².